The lowest BCUT2D eigenvalue weighted by atomic mass is 10.2. The largest absolute Gasteiger partial charge is 0.487 e. The first-order valence-electron chi connectivity index (χ1n) is 5.56. The quantitative estimate of drug-likeness (QED) is 0.867. The summed E-state index contributed by atoms with van der Waals surface area (Å²) < 4.78 is 43.2. The molecule has 8 heteroatoms. The highest BCUT2D eigenvalue weighted by Gasteiger charge is 2.28. The monoisotopic (exact) mass is 313 g/mol. The highest BCUT2D eigenvalue weighted by molar-refractivity contribution is 6.20. The van der Waals surface area contributed by atoms with Crippen LogP contribution in [0.1, 0.15) is 5.56 Å². The number of alkyl halides is 3. The number of anilines is 2. The van der Waals surface area contributed by atoms with Crippen molar-refractivity contribution in [2.45, 2.75) is 5.57 Å². The van der Waals surface area contributed by atoms with Gasteiger partial charge < -0.3 is 10.1 Å². The fraction of sp³-hybridized carbons (Fsp3) is 0.0769. The Morgan fingerprint density at radius 3 is 2.62 bits per heavy atom. The molecule has 0 fully saturated rings. The first kappa shape index (κ1) is 14.9. The second-order valence-electron chi connectivity index (χ2n) is 3.82. The predicted molar refractivity (Wildman–Crippen MR) is 70.1 cm³/mol. The third-order valence-corrected chi connectivity index (χ3v) is 2.47. The number of nitriles is 1. The van der Waals surface area contributed by atoms with E-state index in [-0.39, 0.29) is 22.7 Å². The number of ether oxygens (including phenoxy) is 1. The Labute approximate surface area is 122 Å². The van der Waals surface area contributed by atoms with Crippen LogP contribution in [-0.2, 0) is 0 Å². The summed E-state index contributed by atoms with van der Waals surface area (Å²) in [5.41, 5.74) is -4.08. The Kier molecular flexibility index (Phi) is 4.19. The van der Waals surface area contributed by atoms with Crippen LogP contribution in [0.2, 0.25) is 0 Å². The fourth-order valence-corrected chi connectivity index (χ4v) is 1.66. The van der Waals surface area contributed by atoms with Gasteiger partial charge in [-0.2, -0.15) is 5.26 Å². The summed E-state index contributed by atoms with van der Waals surface area (Å²) in [6, 6.07) is 7.31. The minimum atomic E-state index is -3.89. The van der Waals surface area contributed by atoms with Crippen LogP contribution in [0.25, 0.3) is 0 Å². The highest BCUT2D eigenvalue weighted by Crippen LogP contribution is 2.33. The number of pyridine rings is 1. The molecule has 4 nitrogen and oxygen atoms in total. The van der Waals surface area contributed by atoms with E-state index in [1.54, 1.807) is 12.1 Å². The Balaban J connectivity index is 2.37. The first-order chi connectivity index (χ1) is 9.90. The maximum Gasteiger partial charge on any atom is 0.487 e. The SMILES string of the molecule is N#Cc1c(F)cncc1Nc1ccccc1OC(F)(F)Cl. The number of para-hydroxylation sites is 2. The van der Waals surface area contributed by atoms with E-state index >= 15 is 0 Å². The average molecular weight is 314 g/mol. The summed E-state index contributed by atoms with van der Waals surface area (Å²) >= 11 is 4.72. The molecule has 108 valence electrons. The first-order valence-corrected chi connectivity index (χ1v) is 5.94. The maximum absolute atomic E-state index is 13.4. The number of rotatable bonds is 4. The molecule has 1 heterocycles. The van der Waals surface area contributed by atoms with Gasteiger partial charge in [0.1, 0.15) is 11.6 Å². The van der Waals surface area contributed by atoms with Gasteiger partial charge in [0.25, 0.3) is 0 Å². The molecule has 0 atom stereocenters. The molecule has 0 aliphatic carbocycles. The molecule has 0 saturated heterocycles. The van der Waals surface area contributed by atoms with Crippen molar-refractivity contribution in [1.82, 2.24) is 4.98 Å². The van der Waals surface area contributed by atoms with Crippen LogP contribution >= 0.6 is 11.6 Å². The van der Waals surface area contributed by atoms with Crippen molar-refractivity contribution in [2.24, 2.45) is 0 Å². The van der Waals surface area contributed by atoms with E-state index in [2.05, 4.69) is 15.0 Å². The van der Waals surface area contributed by atoms with Gasteiger partial charge in [0.15, 0.2) is 11.6 Å². The zero-order valence-corrected chi connectivity index (χ0v) is 11.0. The molecule has 2 rings (SSSR count). The number of hydrogen-bond donors (Lipinski definition) is 1. The van der Waals surface area contributed by atoms with Crippen molar-refractivity contribution in [3.05, 3.63) is 48.0 Å². The van der Waals surface area contributed by atoms with Crippen molar-refractivity contribution in [3.8, 4) is 11.8 Å². The van der Waals surface area contributed by atoms with Crippen LogP contribution in [0.4, 0.5) is 24.5 Å². The van der Waals surface area contributed by atoms with E-state index in [1.807, 2.05) is 0 Å². The van der Waals surface area contributed by atoms with Crippen molar-refractivity contribution >= 4 is 23.0 Å². The van der Waals surface area contributed by atoms with Gasteiger partial charge in [0, 0.05) is 11.6 Å². The van der Waals surface area contributed by atoms with Crippen LogP contribution in [0.3, 0.4) is 0 Å². The minimum Gasteiger partial charge on any atom is -0.418 e. The second kappa shape index (κ2) is 5.89. The van der Waals surface area contributed by atoms with E-state index in [0.29, 0.717) is 0 Å². The van der Waals surface area contributed by atoms with E-state index < -0.39 is 11.4 Å². The summed E-state index contributed by atoms with van der Waals surface area (Å²) in [5, 5.41) is 11.5. The molecule has 0 saturated carbocycles. The van der Waals surface area contributed by atoms with Gasteiger partial charge >= 0.3 is 5.57 Å². The van der Waals surface area contributed by atoms with Crippen molar-refractivity contribution in [1.29, 1.82) is 5.26 Å². The van der Waals surface area contributed by atoms with E-state index in [0.717, 1.165) is 6.20 Å². The van der Waals surface area contributed by atoms with Crippen LogP contribution in [-0.4, -0.2) is 10.6 Å². The lowest BCUT2D eigenvalue weighted by Gasteiger charge is -2.15. The Bertz CT molecular complexity index is 698. The van der Waals surface area contributed by atoms with Gasteiger partial charge in [-0.3, -0.25) is 4.98 Å². The Morgan fingerprint density at radius 2 is 1.95 bits per heavy atom. The van der Waals surface area contributed by atoms with Gasteiger partial charge in [-0.05, 0) is 12.1 Å². The fourth-order valence-electron chi connectivity index (χ4n) is 1.57. The number of nitrogens with one attached hydrogen (secondary N) is 1. The second-order valence-corrected chi connectivity index (χ2v) is 4.26. The van der Waals surface area contributed by atoms with Crippen molar-refractivity contribution in [2.75, 3.05) is 5.32 Å². The molecule has 0 radical (unpaired) electrons. The third-order valence-electron chi connectivity index (χ3n) is 2.39. The highest BCUT2D eigenvalue weighted by atomic mass is 35.5. The smallest absolute Gasteiger partial charge is 0.418 e. The molecular formula is C13H7ClF3N3O. The average Bonchev–Trinajstić information content (AvgIpc) is 2.40. The maximum atomic E-state index is 13.4. The molecule has 0 amide bonds. The molecule has 2 aromatic rings. The molecule has 0 aliphatic rings. The molecule has 0 unspecified atom stereocenters. The summed E-state index contributed by atoms with van der Waals surface area (Å²) in [5.74, 6) is -1.09. The number of halogens is 4. The Morgan fingerprint density at radius 1 is 1.24 bits per heavy atom. The molecule has 21 heavy (non-hydrogen) atoms. The van der Waals surface area contributed by atoms with Crippen LogP contribution in [0.5, 0.6) is 5.75 Å². The molecule has 1 aromatic carbocycles. The van der Waals surface area contributed by atoms with Gasteiger partial charge in [0.05, 0.1) is 23.8 Å². The normalized spacial score (nSPS) is 10.8. The van der Waals surface area contributed by atoms with Gasteiger partial charge in [-0.15, -0.1) is 8.78 Å². The molecular weight excluding hydrogens is 307 g/mol. The van der Waals surface area contributed by atoms with Crippen LogP contribution in [0.15, 0.2) is 36.7 Å². The Hall–Kier alpha value is -2.46. The molecule has 0 bridgehead atoms. The van der Waals surface area contributed by atoms with Crippen LogP contribution < -0.4 is 10.1 Å². The summed E-state index contributed by atoms with van der Waals surface area (Å²) in [6.45, 7) is 0. The molecule has 1 aromatic heterocycles. The number of aromatic nitrogens is 1. The van der Waals surface area contributed by atoms with Crippen molar-refractivity contribution < 1.29 is 17.9 Å². The predicted octanol–water partition coefficient (Wildman–Crippen LogP) is 4.00. The van der Waals surface area contributed by atoms with E-state index in [4.69, 9.17) is 16.9 Å². The number of nitrogens with zero attached hydrogens (tertiary/aromatic N) is 2. The topological polar surface area (TPSA) is 57.9 Å². The van der Waals surface area contributed by atoms with Gasteiger partial charge in [-0.1, -0.05) is 12.1 Å². The minimum absolute atomic E-state index is 0.0199. The van der Waals surface area contributed by atoms with Crippen LogP contribution in [0, 0.1) is 17.1 Å². The summed E-state index contributed by atoms with van der Waals surface area (Å²) in [7, 11) is 0. The zero-order chi connectivity index (χ0) is 15.5. The summed E-state index contributed by atoms with van der Waals surface area (Å²) in [4.78, 5) is 3.59. The van der Waals surface area contributed by atoms with Crippen molar-refractivity contribution in [3.63, 3.8) is 0 Å². The lowest BCUT2D eigenvalue weighted by Crippen LogP contribution is -2.16. The molecule has 1 N–H and O–H groups in total. The standard InChI is InChI=1S/C13H7ClF3N3O/c14-13(16,17)21-12-4-2-1-3-10(12)20-11-7-19-6-9(15)8(11)5-18/h1-4,6-7,20H. The number of benzene rings is 1. The molecule has 0 aliphatic heterocycles. The van der Waals surface area contributed by atoms with Gasteiger partial charge in [0.2, 0.25) is 0 Å². The number of hydrogen-bond acceptors (Lipinski definition) is 4. The summed E-state index contributed by atoms with van der Waals surface area (Å²) in [6.07, 6.45) is 2.07. The molecule has 0 spiro atoms. The van der Waals surface area contributed by atoms with Gasteiger partial charge in [-0.25, -0.2) is 4.39 Å². The van der Waals surface area contributed by atoms with E-state index in [1.165, 1.54) is 24.4 Å². The van der Waals surface area contributed by atoms with E-state index in [9.17, 15) is 13.2 Å². The lowest BCUT2D eigenvalue weighted by molar-refractivity contribution is -0.0960. The zero-order valence-electron chi connectivity index (χ0n) is 10.3. The third kappa shape index (κ3) is 3.77.